The minimum Gasteiger partial charge on any atom is -0.489 e. The lowest BCUT2D eigenvalue weighted by Gasteiger charge is -2.10. The number of rotatable bonds is 4. The summed E-state index contributed by atoms with van der Waals surface area (Å²) in [6.45, 7) is 1.70. The maximum absolute atomic E-state index is 13.6. The molecular weight excluding hydrogens is 330 g/mol. The van der Waals surface area contributed by atoms with Crippen LogP contribution in [0.25, 0.3) is 0 Å². The number of hydrogen-bond acceptors (Lipinski definition) is 2. The van der Waals surface area contributed by atoms with Crippen LogP contribution in [-0.2, 0) is 6.61 Å². The Morgan fingerprint density at radius 3 is 2.50 bits per heavy atom. The van der Waals surface area contributed by atoms with Crippen LogP contribution in [0.1, 0.15) is 24.2 Å². The van der Waals surface area contributed by atoms with Gasteiger partial charge in [0.1, 0.15) is 24.0 Å². The van der Waals surface area contributed by atoms with E-state index in [1.807, 2.05) is 0 Å². The van der Waals surface area contributed by atoms with E-state index < -0.39 is 11.9 Å². The molecule has 2 aromatic rings. The summed E-state index contributed by atoms with van der Waals surface area (Å²) in [5, 5.41) is 9.34. The van der Waals surface area contributed by atoms with E-state index in [0.717, 1.165) is 5.56 Å². The Morgan fingerprint density at radius 1 is 1.15 bits per heavy atom. The summed E-state index contributed by atoms with van der Waals surface area (Å²) in [7, 11) is 0. The minimum absolute atomic E-state index is 0.201. The van der Waals surface area contributed by atoms with Crippen molar-refractivity contribution >= 4 is 15.9 Å². The fourth-order valence-corrected chi connectivity index (χ4v) is 2.16. The predicted octanol–water partition coefficient (Wildman–Crippen LogP) is 4.36. The van der Waals surface area contributed by atoms with Crippen LogP contribution < -0.4 is 4.74 Å². The van der Waals surface area contributed by atoms with Crippen molar-refractivity contribution in [1.82, 2.24) is 0 Å². The van der Waals surface area contributed by atoms with Crippen LogP contribution in [-0.4, -0.2) is 5.11 Å². The van der Waals surface area contributed by atoms with E-state index in [-0.39, 0.29) is 18.0 Å². The summed E-state index contributed by atoms with van der Waals surface area (Å²) in [4.78, 5) is 0. The van der Waals surface area contributed by atoms with E-state index in [2.05, 4.69) is 15.9 Å². The third-order valence-electron chi connectivity index (χ3n) is 2.81. The standard InChI is InChI=1S/C15H13BrF2O2/c1-9(19)12-4-3-11(7-15(12)18)20-8-10-2-5-14(17)13(16)6-10/h2-7,9,19H,8H2,1H3/t9-/m0/s1. The molecule has 0 aliphatic rings. The lowest BCUT2D eigenvalue weighted by Crippen LogP contribution is -1.99. The van der Waals surface area contributed by atoms with Gasteiger partial charge in [-0.25, -0.2) is 8.78 Å². The van der Waals surface area contributed by atoms with Gasteiger partial charge in [0.2, 0.25) is 0 Å². The lowest BCUT2D eigenvalue weighted by molar-refractivity contribution is 0.194. The maximum atomic E-state index is 13.6. The zero-order valence-corrected chi connectivity index (χ0v) is 12.3. The van der Waals surface area contributed by atoms with Gasteiger partial charge in [-0.2, -0.15) is 0 Å². The van der Waals surface area contributed by atoms with Crippen molar-refractivity contribution in [2.45, 2.75) is 19.6 Å². The third-order valence-corrected chi connectivity index (χ3v) is 3.42. The van der Waals surface area contributed by atoms with E-state index >= 15 is 0 Å². The molecule has 106 valence electrons. The van der Waals surface area contributed by atoms with Crippen molar-refractivity contribution in [3.63, 3.8) is 0 Å². The highest BCUT2D eigenvalue weighted by Crippen LogP contribution is 2.23. The van der Waals surface area contributed by atoms with Gasteiger partial charge < -0.3 is 9.84 Å². The molecule has 1 N–H and O–H groups in total. The van der Waals surface area contributed by atoms with Crippen LogP contribution in [0, 0.1) is 11.6 Å². The molecule has 0 aliphatic heterocycles. The molecule has 0 saturated heterocycles. The number of aliphatic hydroxyl groups excluding tert-OH is 1. The van der Waals surface area contributed by atoms with Crippen LogP contribution in [0.15, 0.2) is 40.9 Å². The molecule has 0 fully saturated rings. The summed E-state index contributed by atoms with van der Waals surface area (Å²) < 4.78 is 32.5. The van der Waals surface area contributed by atoms with Crippen molar-refractivity contribution in [3.05, 3.63) is 63.6 Å². The average Bonchev–Trinajstić information content (AvgIpc) is 2.40. The third kappa shape index (κ3) is 3.55. The Labute approximate surface area is 124 Å². The molecule has 0 spiro atoms. The topological polar surface area (TPSA) is 29.5 Å². The van der Waals surface area contributed by atoms with Gasteiger partial charge in [0, 0.05) is 11.6 Å². The van der Waals surface area contributed by atoms with Gasteiger partial charge >= 0.3 is 0 Å². The van der Waals surface area contributed by atoms with Crippen molar-refractivity contribution in [2.75, 3.05) is 0 Å². The molecular formula is C15H13BrF2O2. The van der Waals surface area contributed by atoms with Crippen LogP contribution in [0.2, 0.25) is 0 Å². The minimum atomic E-state index is -0.864. The number of benzene rings is 2. The molecule has 0 saturated carbocycles. The molecule has 0 unspecified atom stereocenters. The molecule has 2 rings (SSSR count). The Balaban J connectivity index is 2.07. The van der Waals surface area contributed by atoms with Gasteiger partial charge in [-0.3, -0.25) is 0 Å². The second kappa shape index (κ2) is 6.33. The second-order valence-electron chi connectivity index (χ2n) is 4.40. The first kappa shape index (κ1) is 14.9. The number of hydrogen-bond donors (Lipinski definition) is 1. The van der Waals surface area contributed by atoms with Gasteiger partial charge in [-0.05, 0) is 52.7 Å². The molecule has 0 aliphatic carbocycles. The van der Waals surface area contributed by atoms with Crippen LogP contribution >= 0.6 is 15.9 Å². The Hall–Kier alpha value is -1.46. The van der Waals surface area contributed by atoms with Gasteiger partial charge in [0.25, 0.3) is 0 Å². The summed E-state index contributed by atoms with van der Waals surface area (Å²) in [5.41, 5.74) is 0.986. The smallest absolute Gasteiger partial charge is 0.137 e. The van der Waals surface area contributed by atoms with Crippen molar-refractivity contribution in [3.8, 4) is 5.75 Å². The molecule has 0 heterocycles. The Morgan fingerprint density at radius 2 is 1.90 bits per heavy atom. The van der Waals surface area contributed by atoms with Crippen LogP contribution in [0.3, 0.4) is 0 Å². The molecule has 2 nitrogen and oxygen atoms in total. The highest BCUT2D eigenvalue weighted by atomic mass is 79.9. The molecule has 2 aromatic carbocycles. The molecule has 1 atom stereocenters. The van der Waals surface area contributed by atoms with E-state index in [0.29, 0.717) is 10.2 Å². The first-order valence-electron chi connectivity index (χ1n) is 6.01. The predicted molar refractivity (Wildman–Crippen MR) is 75.5 cm³/mol. The molecule has 0 bridgehead atoms. The molecule has 0 aromatic heterocycles. The molecule has 0 amide bonds. The van der Waals surface area contributed by atoms with Gasteiger partial charge in [0.15, 0.2) is 0 Å². The van der Waals surface area contributed by atoms with E-state index in [1.165, 1.54) is 25.1 Å². The zero-order chi connectivity index (χ0) is 14.7. The molecule has 5 heteroatoms. The van der Waals surface area contributed by atoms with Crippen molar-refractivity contribution < 1.29 is 18.6 Å². The van der Waals surface area contributed by atoms with E-state index in [1.54, 1.807) is 18.2 Å². The fraction of sp³-hybridized carbons (Fsp3) is 0.200. The van der Waals surface area contributed by atoms with Gasteiger partial charge in [0.05, 0.1) is 10.6 Å². The number of halogens is 3. The molecule has 20 heavy (non-hydrogen) atoms. The monoisotopic (exact) mass is 342 g/mol. The van der Waals surface area contributed by atoms with Crippen LogP contribution in [0.5, 0.6) is 5.75 Å². The first-order valence-corrected chi connectivity index (χ1v) is 6.81. The van der Waals surface area contributed by atoms with Gasteiger partial charge in [-0.1, -0.05) is 6.07 Å². The lowest BCUT2D eigenvalue weighted by atomic mass is 10.1. The zero-order valence-electron chi connectivity index (χ0n) is 10.7. The molecule has 0 radical (unpaired) electrons. The fourth-order valence-electron chi connectivity index (χ4n) is 1.73. The summed E-state index contributed by atoms with van der Waals surface area (Å²) in [5.74, 6) is -0.508. The number of ether oxygens (including phenoxy) is 1. The van der Waals surface area contributed by atoms with Crippen molar-refractivity contribution in [1.29, 1.82) is 0 Å². The summed E-state index contributed by atoms with van der Waals surface area (Å²) in [6, 6.07) is 8.83. The average molecular weight is 343 g/mol. The van der Waals surface area contributed by atoms with Crippen LogP contribution in [0.4, 0.5) is 8.78 Å². The van der Waals surface area contributed by atoms with E-state index in [4.69, 9.17) is 4.74 Å². The largest absolute Gasteiger partial charge is 0.489 e. The maximum Gasteiger partial charge on any atom is 0.137 e. The Kier molecular flexibility index (Phi) is 4.73. The Bertz CT molecular complexity index is 615. The SMILES string of the molecule is C[C@H](O)c1ccc(OCc2ccc(F)c(Br)c2)cc1F. The summed E-state index contributed by atoms with van der Waals surface area (Å²) >= 11 is 3.09. The van der Waals surface area contributed by atoms with Gasteiger partial charge in [-0.15, -0.1) is 0 Å². The number of aliphatic hydroxyl groups is 1. The second-order valence-corrected chi connectivity index (χ2v) is 5.25. The highest BCUT2D eigenvalue weighted by Gasteiger charge is 2.09. The first-order chi connectivity index (χ1) is 9.47. The quantitative estimate of drug-likeness (QED) is 0.894. The highest BCUT2D eigenvalue weighted by molar-refractivity contribution is 9.10. The normalized spacial score (nSPS) is 12.2. The summed E-state index contributed by atoms with van der Waals surface area (Å²) in [6.07, 6.45) is -0.864. The van der Waals surface area contributed by atoms with Crippen molar-refractivity contribution in [2.24, 2.45) is 0 Å². The van der Waals surface area contributed by atoms with E-state index in [9.17, 15) is 13.9 Å².